The highest BCUT2D eigenvalue weighted by Crippen LogP contribution is 2.23. The molecule has 0 atom stereocenters. The van der Waals surface area contributed by atoms with Gasteiger partial charge in [0.1, 0.15) is 0 Å². The van der Waals surface area contributed by atoms with Gasteiger partial charge in [0, 0.05) is 26.8 Å². The number of benzene rings is 1. The van der Waals surface area contributed by atoms with Gasteiger partial charge in [0.2, 0.25) is 0 Å². The molecule has 0 aliphatic carbocycles. The average molecular weight is 274 g/mol. The zero-order chi connectivity index (χ0) is 13.8. The Labute approximate surface area is 122 Å². The molecule has 1 saturated heterocycles. The molecule has 2 aliphatic rings. The van der Waals surface area contributed by atoms with Crippen molar-refractivity contribution >= 4 is 0 Å². The van der Waals surface area contributed by atoms with Crippen LogP contribution in [0.25, 0.3) is 0 Å². The van der Waals surface area contributed by atoms with Crippen LogP contribution in [-0.4, -0.2) is 38.3 Å². The fraction of sp³-hybridized carbons (Fsp3) is 0.647. The molecule has 0 unspecified atom stereocenters. The second-order valence-corrected chi connectivity index (χ2v) is 6.16. The summed E-state index contributed by atoms with van der Waals surface area (Å²) in [5, 5.41) is 3.46. The molecule has 3 rings (SSSR count). The predicted octanol–water partition coefficient (Wildman–Crippen LogP) is 2.19. The van der Waals surface area contributed by atoms with Crippen molar-refractivity contribution in [3.05, 3.63) is 34.9 Å². The molecule has 0 saturated carbocycles. The fourth-order valence-corrected chi connectivity index (χ4v) is 3.55. The summed E-state index contributed by atoms with van der Waals surface area (Å²) in [6.07, 6.45) is 3.75. The summed E-state index contributed by atoms with van der Waals surface area (Å²) in [6.45, 7) is 6.66. The third-order valence-electron chi connectivity index (χ3n) is 4.74. The largest absolute Gasteiger partial charge is 0.384 e. The molecular formula is C17H26N2O. The van der Waals surface area contributed by atoms with E-state index in [1.165, 1.54) is 37.9 Å². The Morgan fingerprint density at radius 3 is 2.95 bits per heavy atom. The Morgan fingerprint density at radius 2 is 2.15 bits per heavy atom. The lowest BCUT2D eigenvalue weighted by Gasteiger charge is -2.32. The Morgan fingerprint density at radius 1 is 1.30 bits per heavy atom. The Balaban J connectivity index is 1.61. The summed E-state index contributed by atoms with van der Waals surface area (Å²) in [4.78, 5) is 2.61. The van der Waals surface area contributed by atoms with Gasteiger partial charge in [0.25, 0.3) is 0 Å². The summed E-state index contributed by atoms with van der Waals surface area (Å²) in [5.41, 5.74) is 4.66. The highest BCUT2D eigenvalue weighted by Gasteiger charge is 2.20. The number of piperidine rings is 1. The van der Waals surface area contributed by atoms with E-state index in [0.717, 1.165) is 32.2 Å². The molecule has 0 bridgehead atoms. The van der Waals surface area contributed by atoms with E-state index in [1.807, 2.05) is 7.11 Å². The minimum atomic E-state index is 0.769. The van der Waals surface area contributed by atoms with E-state index in [9.17, 15) is 0 Å². The standard InChI is InChI=1S/C17H26N2O/c1-20-13-14-6-9-19(10-7-14)12-16-4-2-3-15-11-18-8-5-17(15)16/h2-4,14,18H,5-13H2,1H3. The number of nitrogens with one attached hydrogen (secondary N) is 1. The summed E-state index contributed by atoms with van der Waals surface area (Å²) in [5.74, 6) is 0.769. The van der Waals surface area contributed by atoms with Gasteiger partial charge >= 0.3 is 0 Å². The molecule has 20 heavy (non-hydrogen) atoms. The van der Waals surface area contributed by atoms with Crippen molar-refractivity contribution in [3.8, 4) is 0 Å². The van der Waals surface area contributed by atoms with Crippen molar-refractivity contribution < 1.29 is 4.74 Å². The van der Waals surface area contributed by atoms with Crippen LogP contribution in [0.4, 0.5) is 0 Å². The zero-order valence-corrected chi connectivity index (χ0v) is 12.5. The van der Waals surface area contributed by atoms with Crippen molar-refractivity contribution in [1.82, 2.24) is 10.2 Å². The van der Waals surface area contributed by atoms with Crippen LogP contribution in [0.5, 0.6) is 0 Å². The first kappa shape index (κ1) is 14.1. The van der Waals surface area contributed by atoms with Crippen molar-refractivity contribution in [3.63, 3.8) is 0 Å². The van der Waals surface area contributed by atoms with Crippen LogP contribution in [-0.2, 0) is 24.2 Å². The van der Waals surface area contributed by atoms with Crippen LogP contribution < -0.4 is 5.32 Å². The first-order chi connectivity index (χ1) is 9.86. The van der Waals surface area contributed by atoms with Gasteiger partial charge < -0.3 is 10.1 Å². The van der Waals surface area contributed by atoms with Gasteiger partial charge in [-0.15, -0.1) is 0 Å². The number of likely N-dealkylation sites (tertiary alicyclic amines) is 1. The molecule has 110 valence electrons. The maximum Gasteiger partial charge on any atom is 0.0491 e. The van der Waals surface area contributed by atoms with Gasteiger partial charge in [-0.2, -0.15) is 0 Å². The van der Waals surface area contributed by atoms with Crippen molar-refractivity contribution in [2.24, 2.45) is 5.92 Å². The van der Waals surface area contributed by atoms with E-state index in [0.29, 0.717) is 0 Å². The molecule has 0 amide bonds. The fourth-order valence-electron chi connectivity index (χ4n) is 3.55. The molecule has 0 spiro atoms. The molecule has 0 aromatic heterocycles. The van der Waals surface area contributed by atoms with E-state index in [4.69, 9.17) is 4.74 Å². The lowest BCUT2D eigenvalue weighted by molar-refractivity contribution is 0.0967. The highest BCUT2D eigenvalue weighted by molar-refractivity contribution is 5.37. The van der Waals surface area contributed by atoms with Gasteiger partial charge in [-0.05, 0) is 61.5 Å². The van der Waals surface area contributed by atoms with Gasteiger partial charge in [-0.1, -0.05) is 18.2 Å². The zero-order valence-electron chi connectivity index (χ0n) is 12.5. The second kappa shape index (κ2) is 6.70. The third-order valence-corrected chi connectivity index (χ3v) is 4.74. The SMILES string of the molecule is COCC1CCN(Cc2cccc3c2CCNC3)CC1. The number of ether oxygens (including phenoxy) is 1. The molecule has 1 aromatic carbocycles. The molecule has 0 radical (unpaired) electrons. The van der Waals surface area contributed by atoms with Gasteiger partial charge in [-0.3, -0.25) is 4.90 Å². The third kappa shape index (κ3) is 3.22. The molecule has 3 heteroatoms. The molecular weight excluding hydrogens is 248 g/mol. The predicted molar refractivity (Wildman–Crippen MR) is 81.7 cm³/mol. The minimum Gasteiger partial charge on any atom is -0.384 e. The minimum absolute atomic E-state index is 0.769. The molecule has 1 aromatic rings. The van der Waals surface area contributed by atoms with E-state index < -0.39 is 0 Å². The summed E-state index contributed by atoms with van der Waals surface area (Å²) in [6, 6.07) is 6.82. The number of fused-ring (bicyclic) bond motifs is 1. The monoisotopic (exact) mass is 274 g/mol. The van der Waals surface area contributed by atoms with Crippen LogP contribution in [0, 0.1) is 5.92 Å². The molecule has 2 aliphatic heterocycles. The van der Waals surface area contributed by atoms with Crippen LogP contribution in [0.3, 0.4) is 0 Å². The van der Waals surface area contributed by atoms with E-state index in [-0.39, 0.29) is 0 Å². The number of hydrogen-bond donors (Lipinski definition) is 1. The number of nitrogens with zero attached hydrogens (tertiary/aromatic N) is 1. The summed E-state index contributed by atoms with van der Waals surface area (Å²) in [7, 11) is 1.82. The normalized spacial score (nSPS) is 20.9. The summed E-state index contributed by atoms with van der Waals surface area (Å²) < 4.78 is 5.28. The Hall–Kier alpha value is -0.900. The summed E-state index contributed by atoms with van der Waals surface area (Å²) >= 11 is 0. The second-order valence-electron chi connectivity index (χ2n) is 6.16. The van der Waals surface area contributed by atoms with Crippen molar-refractivity contribution in [2.75, 3.05) is 33.4 Å². The van der Waals surface area contributed by atoms with Crippen LogP contribution >= 0.6 is 0 Å². The quantitative estimate of drug-likeness (QED) is 0.911. The molecule has 2 heterocycles. The molecule has 1 N–H and O–H groups in total. The smallest absolute Gasteiger partial charge is 0.0491 e. The van der Waals surface area contributed by atoms with E-state index in [2.05, 4.69) is 28.4 Å². The molecule has 1 fully saturated rings. The van der Waals surface area contributed by atoms with E-state index >= 15 is 0 Å². The Kier molecular flexibility index (Phi) is 4.71. The number of hydrogen-bond acceptors (Lipinski definition) is 3. The van der Waals surface area contributed by atoms with Gasteiger partial charge in [0.05, 0.1) is 0 Å². The lowest BCUT2D eigenvalue weighted by Crippen LogP contribution is -2.35. The van der Waals surface area contributed by atoms with Crippen LogP contribution in [0.1, 0.15) is 29.5 Å². The highest BCUT2D eigenvalue weighted by atomic mass is 16.5. The van der Waals surface area contributed by atoms with Gasteiger partial charge in [0.15, 0.2) is 0 Å². The number of methoxy groups -OCH3 is 1. The van der Waals surface area contributed by atoms with Gasteiger partial charge in [-0.25, -0.2) is 0 Å². The maximum atomic E-state index is 5.28. The Bertz CT molecular complexity index is 439. The average Bonchev–Trinajstić information content (AvgIpc) is 2.50. The molecule has 3 nitrogen and oxygen atoms in total. The first-order valence-corrected chi connectivity index (χ1v) is 7.88. The maximum absolute atomic E-state index is 5.28. The lowest BCUT2D eigenvalue weighted by atomic mass is 9.93. The first-order valence-electron chi connectivity index (χ1n) is 7.88. The van der Waals surface area contributed by atoms with Crippen molar-refractivity contribution in [1.29, 1.82) is 0 Å². The van der Waals surface area contributed by atoms with E-state index in [1.54, 1.807) is 11.1 Å². The van der Waals surface area contributed by atoms with Crippen molar-refractivity contribution in [2.45, 2.75) is 32.4 Å². The topological polar surface area (TPSA) is 24.5 Å². The van der Waals surface area contributed by atoms with Crippen LogP contribution in [0.15, 0.2) is 18.2 Å². The number of rotatable bonds is 4. The van der Waals surface area contributed by atoms with Crippen LogP contribution in [0.2, 0.25) is 0 Å².